The van der Waals surface area contributed by atoms with Gasteiger partial charge in [-0.3, -0.25) is 14.5 Å². The Morgan fingerprint density at radius 2 is 1.91 bits per heavy atom. The molecular weight excluding hydrogens is 454 g/mol. The summed E-state index contributed by atoms with van der Waals surface area (Å²) in [5.41, 5.74) is 1.07. The highest BCUT2D eigenvalue weighted by Crippen LogP contribution is 2.44. The van der Waals surface area contributed by atoms with Gasteiger partial charge in [0.1, 0.15) is 10.6 Å². The van der Waals surface area contributed by atoms with Crippen molar-refractivity contribution in [1.29, 1.82) is 0 Å². The van der Waals surface area contributed by atoms with Crippen LogP contribution in [0.25, 0.3) is 11.0 Å². The molecular formula is C25H23N3O5S. The SMILES string of the molecule is CCOc1ccc([C@@H]2c3c(oc4ccccc4c3=O)C(=O)N2c2nnc(C(C)C)s2)cc1OC. The molecule has 0 bridgehead atoms. The summed E-state index contributed by atoms with van der Waals surface area (Å²) < 4.78 is 17.2. The fourth-order valence-corrected chi connectivity index (χ4v) is 4.99. The number of carbonyl (C=O) groups is 1. The number of ether oxygens (including phenoxy) is 2. The Kier molecular flexibility index (Phi) is 5.57. The van der Waals surface area contributed by atoms with E-state index < -0.39 is 11.9 Å². The summed E-state index contributed by atoms with van der Waals surface area (Å²) in [7, 11) is 1.55. The topological polar surface area (TPSA) is 94.8 Å². The number of fused-ring (bicyclic) bond motifs is 2. The third-order valence-corrected chi connectivity index (χ3v) is 6.93. The quantitative estimate of drug-likeness (QED) is 0.389. The predicted octanol–water partition coefficient (Wildman–Crippen LogP) is 4.93. The number of anilines is 1. The third-order valence-electron chi connectivity index (χ3n) is 5.71. The van der Waals surface area contributed by atoms with E-state index in [0.29, 0.717) is 39.8 Å². The zero-order valence-electron chi connectivity index (χ0n) is 19.2. The van der Waals surface area contributed by atoms with Crippen molar-refractivity contribution in [3.05, 3.63) is 74.6 Å². The van der Waals surface area contributed by atoms with Gasteiger partial charge in [0.25, 0.3) is 5.91 Å². The second kappa shape index (κ2) is 8.57. The second-order valence-corrected chi connectivity index (χ2v) is 9.16. The Bertz CT molecular complexity index is 1460. The monoisotopic (exact) mass is 477 g/mol. The van der Waals surface area contributed by atoms with Crippen LogP contribution in [0.2, 0.25) is 0 Å². The van der Waals surface area contributed by atoms with E-state index in [1.807, 2.05) is 26.8 Å². The highest BCUT2D eigenvalue weighted by atomic mass is 32.1. The van der Waals surface area contributed by atoms with Crippen molar-refractivity contribution in [2.75, 3.05) is 18.6 Å². The van der Waals surface area contributed by atoms with E-state index in [1.165, 1.54) is 16.2 Å². The molecule has 1 atom stereocenters. The maximum atomic E-state index is 13.7. The average molecular weight is 478 g/mol. The first-order valence-corrected chi connectivity index (χ1v) is 11.8. The van der Waals surface area contributed by atoms with Gasteiger partial charge in [-0.2, -0.15) is 0 Å². The molecule has 0 spiro atoms. The lowest BCUT2D eigenvalue weighted by Gasteiger charge is -2.23. The van der Waals surface area contributed by atoms with E-state index in [4.69, 9.17) is 13.9 Å². The van der Waals surface area contributed by atoms with Gasteiger partial charge in [0.2, 0.25) is 10.9 Å². The van der Waals surface area contributed by atoms with Crippen molar-refractivity contribution in [2.24, 2.45) is 0 Å². The molecule has 0 aliphatic carbocycles. The van der Waals surface area contributed by atoms with Crippen molar-refractivity contribution in [3.8, 4) is 11.5 Å². The molecule has 0 unspecified atom stereocenters. The minimum atomic E-state index is -0.749. The smallest absolute Gasteiger partial charge is 0.297 e. The van der Waals surface area contributed by atoms with E-state index in [1.54, 1.807) is 43.5 Å². The Labute approximate surface area is 199 Å². The normalized spacial score (nSPS) is 15.3. The molecule has 5 rings (SSSR count). The molecule has 0 saturated carbocycles. The summed E-state index contributed by atoms with van der Waals surface area (Å²) in [4.78, 5) is 28.8. The highest BCUT2D eigenvalue weighted by Gasteiger charge is 2.45. The number of nitrogens with zero attached hydrogens (tertiary/aromatic N) is 3. The van der Waals surface area contributed by atoms with Gasteiger partial charge in [0, 0.05) is 5.92 Å². The van der Waals surface area contributed by atoms with Crippen LogP contribution in [0.15, 0.2) is 51.7 Å². The van der Waals surface area contributed by atoms with Gasteiger partial charge in [0.05, 0.1) is 30.7 Å². The maximum Gasteiger partial charge on any atom is 0.297 e. The minimum Gasteiger partial charge on any atom is -0.493 e. The van der Waals surface area contributed by atoms with Crippen LogP contribution in [0.4, 0.5) is 5.13 Å². The molecule has 0 N–H and O–H groups in total. The average Bonchev–Trinajstić information content (AvgIpc) is 3.43. The van der Waals surface area contributed by atoms with Gasteiger partial charge >= 0.3 is 0 Å². The lowest BCUT2D eigenvalue weighted by atomic mass is 9.98. The first-order chi connectivity index (χ1) is 16.4. The van der Waals surface area contributed by atoms with Gasteiger partial charge in [0.15, 0.2) is 16.9 Å². The van der Waals surface area contributed by atoms with E-state index in [2.05, 4.69) is 10.2 Å². The lowest BCUT2D eigenvalue weighted by molar-refractivity contribution is 0.0970. The van der Waals surface area contributed by atoms with Crippen LogP contribution in [0, 0.1) is 0 Å². The van der Waals surface area contributed by atoms with E-state index >= 15 is 0 Å². The molecule has 9 heteroatoms. The standard InChI is InChI=1S/C25H23N3O5S/c1-5-32-17-11-10-14(12-18(17)31-4)20-19-21(29)15-8-6-7-9-16(15)33-22(19)24(30)28(20)25-27-26-23(34-25)13(2)3/h6-13,20H,5H2,1-4H3/t20-/m1/s1. The molecule has 1 aliphatic rings. The molecule has 0 radical (unpaired) electrons. The van der Waals surface area contributed by atoms with Crippen molar-refractivity contribution in [2.45, 2.75) is 32.7 Å². The summed E-state index contributed by atoms with van der Waals surface area (Å²) in [5.74, 6) is 0.821. The number of amides is 1. The number of benzene rings is 2. The number of aromatic nitrogens is 2. The zero-order chi connectivity index (χ0) is 24.0. The fraction of sp³-hybridized carbons (Fsp3) is 0.280. The van der Waals surface area contributed by atoms with Crippen LogP contribution < -0.4 is 19.8 Å². The zero-order valence-corrected chi connectivity index (χ0v) is 20.0. The number of rotatable bonds is 6. The summed E-state index contributed by atoms with van der Waals surface area (Å²) in [6, 6.07) is 11.6. The number of para-hydroxylation sites is 1. The molecule has 174 valence electrons. The number of hydrogen-bond acceptors (Lipinski definition) is 8. The lowest BCUT2D eigenvalue weighted by Crippen LogP contribution is -2.29. The van der Waals surface area contributed by atoms with Gasteiger partial charge in [-0.15, -0.1) is 10.2 Å². The second-order valence-electron chi connectivity index (χ2n) is 8.17. The fourth-order valence-electron chi connectivity index (χ4n) is 4.12. The molecule has 2 aromatic heterocycles. The van der Waals surface area contributed by atoms with Crippen LogP contribution in [-0.2, 0) is 0 Å². The molecule has 4 aromatic rings. The molecule has 34 heavy (non-hydrogen) atoms. The van der Waals surface area contributed by atoms with Crippen LogP contribution in [0.3, 0.4) is 0 Å². The summed E-state index contributed by atoms with van der Waals surface area (Å²) in [6.07, 6.45) is 0. The van der Waals surface area contributed by atoms with Crippen LogP contribution in [-0.4, -0.2) is 29.8 Å². The largest absolute Gasteiger partial charge is 0.493 e. The van der Waals surface area contributed by atoms with Gasteiger partial charge in [-0.05, 0) is 36.8 Å². The van der Waals surface area contributed by atoms with Crippen molar-refractivity contribution < 1.29 is 18.7 Å². The van der Waals surface area contributed by atoms with E-state index in [0.717, 1.165) is 5.01 Å². The molecule has 1 aliphatic heterocycles. The van der Waals surface area contributed by atoms with Crippen molar-refractivity contribution >= 4 is 33.3 Å². The van der Waals surface area contributed by atoms with Crippen molar-refractivity contribution in [3.63, 3.8) is 0 Å². The highest BCUT2D eigenvalue weighted by molar-refractivity contribution is 7.15. The third kappa shape index (κ3) is 3.43. The molecule has 0 saturated heterocycles. The molecule has 2 aromatic carbocycles. The Morgan fingerprint density at radius 1 is 1.12 bits per heavy atom. The maximum absolute atomic E-state index is 13.7. The van der Waals surface area contributed by atoms with Gasteiger partial charge < -0.3 is 13.9 Å². The Hall–Kier alpha value is -3.72. The van der Waals surface area contributed by atoms with Crippen molar-refractivity contribution in [1.82, 2.24) is 10.2 Å². The predicted molar refractivity (Wildman–Crippen MR) is 129 cm³/mol. The Balaban J connectivity index is 1.76. The van der Waals surface area contributed by atoms with Crippen LogP contribution in [0.5, 0.6) is 11.5 Å². The van der Waals surface area contributed by atoms with E-state index in [-0.39, 0.29) is 22.7 Å². The number of carbonyl (C=O) groups excluding carboxylic acids is 1. The van der Waals surface area contributed by atoms with Gasteiger partial charge in [-0.1, -0.05) is 43.4 Å². The number of hydrogen-bond donors (Lipinski definition) is 0. The molecule has 8 nitrogen and oxygen atoms in total. The van der Waals surface area contributed by atoms with Crippen LogP contribution in [0.1, 0.15) is 59.4 Å². The van der Waals surface area contributed by atoms with E-state index in [9.17, 15) is 9.59 Å². The summed E-state index contributed by atoms with van der Waals surface area (Å²) in [6.45, 7) is 6.39. The first kappa shape index (κ1) is 22.1. The van der Waals surface area contributed by atoms with Crippen LogP contribution >= 0.6 is 11.3 Å². The Morgan fingerprint density at radius 3 is 2.62 bits per heavy atom. The molecule has 0 fully saturated rings. The van der Waals surface area contributed by atoms with Gasteiger partial charge in [-0.25, -0.2) is 0 Å². The summed E-state index contributed by atoms with van der Waals surface area (Å²) in [5, 5.41) is 10.2. The minimum absolute atomic E-state index is 0.0165. The molecule has 3 heterocycles. The summed E-state index contributed by atoms with van der Waals surface area (Å²) >= 11 is 1.33. The molecule has 1 amide bonds. The number of methoxy groups -OCH3 is 1. The first-order valence-electron chi connectivity index (χ1n) is 11.0.